The Hall–Kier alpha value is -4.50. The van der Waals surface area contributed by atoms with Crippen molar-refractivity contribution in [3.05, 3.63) is 107 Å². The lowest BCUT2D eigenvalue weighted by atomic mass is 10.1. The van der Waals surface area contributed by atoms with Crippen molar-refractivity contribution in [2.45, 2.75) is 39.5 Å². The summed E-state index contributed by atoms with van der Waals surface area (Å²) in [6.07, 6.45) is -0.568. The van der Waals surface area contributed by atoms with Gasteiger partial charge in [-0.3, -0.25) is 14.9 Å². The highest BCUT2D eigenvalue weighted by Crippen LogP contribution is 2.25. The predicted molar refractivity (Wildman–Crippen MR) is 157 cm³/mol. The van der Waals surface area contributed by atoms with Gasteiger partial charge in [0, 0.05) is 29.6 Å². The molecule has 0 fully saturated rings. The van der Waals surface area contributed by atoms with E-state index in [-0.39, 0.29) is 18.4 Å². The maximum Gasteiger partial charge on any atom is 0.413 e. The molecule has 0 aliphatic rings. The standard InChI is InChI=1S/C31H32N4O4S/c1-31(2,3)39-30(38)34-29-33-26(21-40-29)24-14-16-25(17-15-24)28(37)32-18-27(36)35(19-22-10-6-4-7-11-22)20-23-12-8-5-9-13-23/h4-17,21H,18-20H2,1-3H3,(H,32,37)(H,33,34,38). The number of ether oxygens (including phenoxy) is 1. The van der Waals surface area contributed by atoms with Gasteiger partial charge in [0.25, 0.3) is 5.91 Å². The van der Waals surface area contributed by atoms with E-state index >= 15 is 0 Å². The van der Waals surface area contributed by atoms with Crippen molar-refractivity contribution in [3.63, 3.8) is 0 Å². The Balaban J connectivity index is 1.35. The van der Waals surface area contributed by atoms with E-state index in [0.29, 0.717) is 29.5 Å². The molecule has 3 amide bonds. The largest absolute Gasteiger partial charge is 0.444 e. The Kier molecular flexibility index (Phi) is 9.29. The molecule has 0 unspecified atom stereocenters. The molecule has 0 spiro atoms. The lowest BCUT2D eigenvalue weighted by molar-refractivity contribution is -0.131. The second-order valence-corrected chi connectivity index (χ2v) is 11.0. The van der Waals surface area contributed by atoms with Crippen molar-refractivity contribution in [1.82, 2.24) is 15.2 Å². The average molecular weight is 557 g/mol. The molecule has 4 aromatic rings. The van der Waals surface area contributed by atoms with Crippen LogP contribution in [-0.2, 0) is 22.6 Å². The van der Waals surface area contributed by atoms with Crippen molar-refractivity contribution in [3.8, 4) is 11.3 Å². The third kappa shape index (κ3) is 8.51. The quantitative estimate of drug-likeness (QED) is 0.259. The maximum atomic E-state index is 13.1. The van der Waals surface area contributed by atoms with Gasteiger partial charge in [-0.15, -0.1) is 11.3 Å². The second kappa shape index (κ2) is 13.0. The van der Waals surface area contributed by atoms with Gasteiger partial charge < -0.3 is 15.0 Å². The first-order valence-corrected chi connectivity index (χ1v) is 13.7. The van der Waals surface area contributed by atoms with Crippen molar-refractivity contribution >= 4 is 34.4 Å². The van der Waals surface area contributed by atoms with Gasteiger partial charge in [-0.2, -0.15) is 0 Å². The molecular formula is C31H32N4O4S. The van der Waals surface area contributed by atoms with Crippen LogP contribution < -0.4 is 10.6 Å². The number of amides is 3. The van der Waals surface area contributed by atoms with Crippen LogP contribution in [0.2, 0.25) is 0 Å². The minimum atomic E-state index is -0.604. The number of thiazole rings is 1. The monoisotopic (exact) mass is 556 g/mol. The summed E-state index contributed by atoms with van der Waals surface area (Å²) >= 11 is 1.28. The molecule has 40 heavy (non-hydrogen) atoms. The summed E-state index contributed by atoms with van der Waals surface area (Å²) in [5, 5.41) is 7.61. The molecule has 0 aliphatic heterocycles. The molecule has 0 atom stereocenters. The molecular weight excluding hydrogens is 524 g/mol. The van der Waals surface area contributed by atoms with Crippen molar-refractivity contribution in [2.24, 2.45) is 0 Å². The molecule has 4 rings (SSSR count). The van der Waals surface area contributed by atoms with Gasteiger partial charge in [0.1, 0.15) is 5.60 Å². The van der Waals surface area contributed by atoms with Crippen LogP contribution in [0.4, 0.5) is 9.93 Å². The molecule has 1 heterocycles. The zero-order valence-corrected chi connectivity index (χ0v) is 23.5. The van der Waals surface area contributed by atoms with E-state index in [4.69, 9.17) is 4.74 Å². The number of carbonyl (C=O) groups excluding carboxylic acids is 3. The van der Waals surface area contributed by atoms with Gasteiger partial charge in [-0.25, -0.2) is 9.78 Å². The van der Waals surface area contributed by atoms with Crippen LogP contribution in [-0.4, -0.2) is 39.9 Å². The lowest BCUT2D eigenvalue weighted by Crippen LogP contribution is -2.39. The van der Waals surface area contributed by atoms with Gasteiger partial charge in [0.2, 0.25) is 5.91 Å². The van der Waals surface area contributed by atoms with Crippen LogP contribution in [0.15, 0.2) is 90.3 Å². The summed E-state index contributed by atoms with van der Waals surface area (Å²) in [7, 11) is 0. The van der Waals surface area contributed by atoms with E-state index in [2.05, 4.69) is 15.6 Å². The summed E-state index contributed by atoms with van der Waals surface area (Å²) < 4.78 is 5.26. The van der Waals surface area contributed by atoms with Gasteiger partial charge in [-0.1, -0.05) is 72.8 Å². The highest BCUT2D eigenvalue weighted by Gasteiger charge is 2.18. The first kappa shape index (κ1) is 28.5. The van der Waals surface area contributed by atoms with Crippen molar-refractivity contribution in [1.29, 1.82) is 0 Å². The molecule has 1 aromatic heterocycles. The highest BCUT2D eigenvalue weighted by atomic mass is 32.1. The molecule has 9 heteroatoms. The predicted octanol–water partition coefficient (Wildman–Crippen LogP) is 6.12. The number of hydrogen-bond donors (Lipinski definition) is 2. The number of carbonyl (C=O) groups is 3. The first-order chi connectivity index (χ1) is 19.2. The molecule has 2 N–H and O–H groups in total. The van der Waals surface area contributed by atoms with Crippen LogP contribution in [0, 0.1) is 0 Å². The number of nitrogens with zero attached hydrogens (tertiary/aromatic N) is 2. The van der Waals surface area contributed by atoms with Crippen LogP contribution in [0.25, 0.3) is 11.3 Å². The van der Waals surface area contributed by atoms with Gasteiger partial charge >= 0.3 is 6.09 Å². The summed E-state index contributed by atoms with van der Waals surface area (Å²) in [6, 6.07) is 26.5. The lowest BCUT2D eigenvalue weighted by Gasteiger charge is -2.23. The average Bonchev–Trinajstić information content (AvgIpc) is 3.39. The number of benzene rings is 3. The number of rotatable bonds is 9. The zero-order chi connectivity index (χ0) is 28.5. The summed E-state index contributed by atoms with van der Waals surface area (Å²) in [4.78, 5) is 44.1. The number of nitrogens with one attached hydrogen (secondary N) is 2. The molecule has 0 saturated carbocycles. The van der Waals surface area contributed by atoms with Crippen molar-refractivity contribution < 1.29 is 19.1 Å². The third-order valence-corrected chi connectivity index (χ3v) is 6.50. The summed E-state index contributed by atoms with van der Waals surface area (Å²) in [5.74, 6) is -0.519. The van der Waals surface area contributed by atoms with E-state index in [1.807, 2.05) is 66.0 Å². The van der Waals surface area contributed by atoms with E-state index in [1.165, 1.54) is 11.3 Å². The molecule has 3 aromatic carbocycles. The third-order valence-electron chi connectivity index (χ3n) is 5.74. The normalized spacial score (nSPS) is 11.0. The van der Waals surface area contributed by atoms with Gasteiger partial charge in [0.05, 0.1) is 12.2 Å². The molecule has 0 radical (unpaired) electrons. The topological polar surface area (TPSA) is 101 Å². The van der Waals surface area contributed by atoms with E-state index in [0.717, 1.165) is 16.7 Å². The molecule has 8 nitrogen and oxygen atoms in total. The van der Waals surface area contributed by atoms with Crippen LogP contribution in [0.3, 0.4) is 0 Å². The number of hydrogen-bond acceptors (Lipinski definition) is 6. The van der Waals surface area contributed by atoms with Crippen LogP contribution >= 0.6 is 11.3 Å². The summed E-state index contributed by atoms with van der Waals surface area (Å²) in [6.45, 7) is 6.14. The number of aromatic nitrogens is 1. The SMILES string of the molecule is CC(C)(C)OC(=O)Nc1nc(-c2ccc(C(=O)NCC(=O)N(Cc3ccccc3)Cc3ccccc3)cc2)cs1. The fourth-order valence-electron chi connectivity index (χ4n) is 3.86. The first-order valence-electron chi connectivity index (χ1n) is 12.9. The zero-order valence-electron chi connectivity index (χ0n) is 22.7. The van der Waals surface area contributed by atoms with Crippen molar-refractivity contribution in [2.75, 3.05) is 11.9 Å². The van der Waals surface area contributed by atoms with Gasteiger partial charge in [0.15, 0.2) is 5.13 Å². The molecule has 206 valence electrons. The Bertz CT molecular complexity index is 1390. The van der Waals surface area contributed by atoms with Gasteiger partial charge in [-0.05, 0) is 44.0 Å². The maximum absolute atomic E-state index is 13.1. The molecule has 0 saturated heterocycles. The minimum Gasteiger partial charge on any atom is -0.444 e. The second-order valence-electron chi connectivity index (χ2n) is 10.1. The summed E-state index contributed by atoms with van der Waals surface area (Å²) in [5.41, 5.74) is 3.30. The van der Waals surface area contributed by atoms with Crippen LogP contribution in [0.1, 0.15) is 42.3 Å². The van der Waals surface area contributed by atoms with E-state index < -0.39 is 11.7 Å². The Morgan fingerprint density at radius 2 is 1.43 bits per heavy atom. The highest BCUT2D eigenvalue weighted by molar-refractivity contribution is 7.14. The van der Waals surface area contributed by atoms with E-state index in [1.54, 1.807) is 49.9 Å². The Morgan fingerprint density at radius 1 is 0.850 bits per heavy atom. The number of anilines is 1. The fraction of sp³-hybridized carbons (Fsp3) is 0.226. The fourth-order valence-corrected chi connectivity index (χ4v) is 4.56. The van der Waals surface area contributed by atoms with E-state index in [9.17, 15) is 14.4 Å². The van der Waals surface area contributed by atoms with Crippen LogP contribution in [0.5, 0.6) is 0 Å². The molecule has 0 bridgehead atoms. The minimum absolute atomic E-state index is 0.119. The Labute approximate surface area is 238 Å². The Morgan fingerprint density at radius 3 is 1.98 bits per heavy atom. The molecule has 0 aliphatic carbocycles. The smallest absolute Gasteiger partial charge is 0.413 e.